The number of anilines is 1. The molecule has 2 unspecified atom stereocenters. The van der Waals surface area contributed by atoms with E-state index in [0.29, 0.717) is 6.61 Å². The van der Waals surface area contributed by atoms with E-state index >= 15 is 0 Å². The second kappa shape index (κ2) is 8.65. The molecule has 27 heavy (non-hydrogen) atoms. The lowest BCUT2D eigenvalue weighted by Gasteiger charge is -2.14. The molecule has 0 bridgehead atoms. The van der Waals surface area contributed by atoms with Gasteiger partial charge in [0.2, 0.25) is 0 Å². The average Bonchev–Trinajstić information content (AvgIpc) is 3.43. The predicted octanol–water partition coefficient (Wildman–Crippen LogP) is 1.74. The van der Waals surface area contributed by atoms with Crippen LogP contribution in [0.5, 0.6) is 0 Å². The van der Waals surface area contributed by atoms with Gasteiger partial charge in [-0.05, 0) is 19.3 Å². The summed E-state index contributed by atoms with van der Waals surface area (Å²) in [7, 11) is 0. The van der Waals surface area contributed by atoms with Crippen molar-refractivity contribution < 1.29 is 8.92 Å². The molecular formula is C16H22N8O2S. The highest BCUT2D eigenvalue weighted by atomic mass is 32.2. The van der Waals surface area contributed by atoms with Crippen LogP contribution in [0.4, 0.5) is 5.82 Å². The van der Waals surface area contributed by atoms with Gasteiger partial charge in [0.05, 0.1) is 37.6 Å². The van der Waals surface area contributed by atoms with E-state index in [1.165, 1.54) is 0 Å². The molecule has 3 aromatic rings. The number of fused-ring (bicyclic) bond motifs is 1. The standard InChI is InChI=1S/C16H22N8O2S/c17-27-25-8-12-2-3-13(26-12)24-11-22-14-15(20-9-21-16(14)24)19-4-1-6-23-7-5-18-10-23/h5,7,9-13H,1-4,6,8,17H2,(H,19,20,21). The monoisotopic (exact) mass is 390 g/mol. The summed E-state index contributed by atoms with van der Waals surface area (Å²) in [6, 6.07) is 0. The SMILES string of the molecule is NSOCC1CCC(n2cnc3c(NCCCn4ccnc4)ncnc32)O1. The minimum absolute atomic E-state index is 0.0334. The van der Waals surface area contributed by atoms with E-state index in [4.69, 9.17) is 14.1 Å². The summed E-state index contributed by atoms with van der Waals surface area (Å²) in [6.45, 7) is 2.16. The van der Waals surface area contributed by atoms with Crippen molar-refractivity contribution in [3.8, 4) is 0 Å². The molecule has 0 radical (unpaired) electrons. The third-order valence-electron chi connectivity index (χ3n) is 4.52. The highest BCUT2D eigenvalue weighted by Crippen LogP contribution is 2.31. The molecule has 11 heteroatoms. The summed E-state index contributed by atoms with van der Waals surface area (Å²) >= 11 is 0.867. The molecule has 1 saturated heterocycles. The Hall–Kier alpha value is -2.21. The number of hydrogen-bond acceptors (Lipinski definition) is 9. The van der Waals surface area contributed by atoms with E-state index in [1.807, 2.05) is 21.7 Å². The van der Waals surface area contributed by atoms with Crippen LogP contribution in [0.15, 0.2) is 31.4 Å². The zero-order chi connectivity index (χ0) is 18.5. The van der Waals surface area contributed by atoms with Gasteiger partial charge in [-0.2, -0.15) is 0 Å². The first-order chi connectivity index (χ1) is 13.3. The van der Waals surface area contributed by atoms with Crippen molar-refractivity contribution in [2.24, 2.45) is 5.14 Å². The normalized spacial score (nSPS) is 19.7. The quantitative estimate of drug-likeness (QED) is 0.320. The van der Waals surface area contributed by atoms with Crippen LogP contribution in [0, 0.1) is 0 Å². The van der Waals surface area contributed by atoms with Crippen molar-refractivity contribution in [1.29, 1.82) is 0 Å². The molecule has 10 nitrogen and oxygen atoms in total. The second-order valence-electron chi connectivity index (χ2n) is 6.30. The zero-order valence-electron chi connectivity index (χ0n) is 14.8. The number of hydrogen-bond donors (Lipinski definition) is 2. The van der Waals surface area contributed by atoms with E-state index in [-0.39, 0.29) is 12.3 Å². The molecule has 0 aromatic carbocycles. The molecule has 4 rings (SSSR count). The summed E-state index contributed by atoms with van der Waals surface area (Å²) in [5.41, 5.74) is 1.52. The van der Waals surface area contributed by atoms with Gasteiger partial charge in [-0.15, -0.1) is 0 Å². The van der Waals surface area contributed by atoms with Crippen LogP contribution in [-0.2, 0) is 15.5 Å². The van der Waals surface area contributed by atoms with Crippen LogP contribution < -0.4 is 10.5 Å². The maximum absolute atomic E-state index is 6.04. The van der Waals surface area contributed by atoms with Crippen LogP contribution in [-0.4, -0.2) is 48.3 Å². The molecule has 3 aromatic heterocycles. The van der Waals surface area contributed by atoms with Crippen molar-refractivity contribution in [2.45, 2.75) is 38.1 Å². The minimum atomic E-state index is -0.102. The zero-order valence-corrected chi connectivity index (χ0v) is 15.6. The summed E-state index contributed by atoms with van der Waals surface area (Å²) < 4.78 is 15.2. The Balaban J connectivity index is 1.39. The van der Waals surface area contributed by atoms with Crippen LogP contribution in [0.1, 0.15) is 25.5 Å². The van der Waals surface area contributed by atoms with Crippen LogP contribution in [0.25, 0.3) is 11.2 Å². The predicted molar refractivity (Wildman–Crippen MR) is 102 cm³/mol. The number of nitrogens with zero attached hydrogens (tertiary/aromatic N) is 6. The van der Waals surface area contributed by atoms with Gasteiger partial charge < -0.3 is 14.6 Å². The minimum Gasteiger partial charge on any atom is -0.368 e. The Kier molecular flexibility index (Phi) is 5.82. The molecule has 1 fully saturated rings. The molecule has 0 amide bonds. The highest BCUT2D eigenvalue weighted by Gasteiger charge is 2.28. The molecule has 1 aliphatic heterocycles. The molecule has 0 aliphatic carbocycles. The first-order valence-corrected chi connectivity index (χ1v) is 9.66. The van der Waals surface area contributed by atoms with Crippen molar-refractivity contribution in [3.63, 3.8) is 0 Å². The van der Waals surface area contributed by atoms with E-state index in [2.05, 4.69) is 25.3 Å². The number of imidazole rings is 2. The van der Waals surface area contributed by atoms with Gasteiger partial charge in [-0.3, -0.25) is 13.9 Å². The summed E-state index contributed by atoms with van der Waals surface area (Å²) in [6.07, 6.45) is 11.6. The number of ether oxygens (including phenoxy) is 1. The third-order valence-corrected chi connectivity index (χ3v) is 4.79. The fourth-order valence-corrected chi connectivity index (χ4v) is 3.44. The van der Waals surface area contributed by atoms with Crippen LogP contribution >= 0.6 is 12.2 Å². The Bertz CT molecular complexity index is 855. The molecule has 144 valence electrons. The molecule has 2 atom stereocenters. The number of nitrogens with two attached hydrogens (primary N) is 1. The maximum Gasteiger partial charge on any atom is 0.167 e. The topological polar surface area (TPSA) is 118 Å². The third kappa shape index (κ3) is 4.21. The van der Waals surface area contributed by atoms with Crippen molar-refractivity contribution >= 4 is 29.2 Å². The lowest BCUT2D eigenvalue weighted by atomic mass is 10.2. The Morgan fingerprint density at radius 2 is 2.26 bits per heavy atom. The Labute approximate surface area is 160 Å². The van der Waals surface area contributed by atoms with Gasteiger partial charge in [-0.1, -0.05) is 0 Å². The van der Waals surface area contributed by atoms with Gasteiger partial charge in [0.1, 0.15) is 12.6 Å². The molecule has 1 aliphatic rings. The smallest absolute Gasteiger partial charge is 0.167 e. The fraction of sp³-hybridized carbons (Fsp3) is 0.500. The molecule has 3 N–H and O–H groups in total. The lowest BCUT2D eigenvalue weighted by molar-refractivity contribution is -0.0128. The van der Waals surface area contributed by atoms with Crippen molar-refractivity contribution in [3.05, 3.63) is 31.4 Å². The van der Waals surface area contributed by atoms with E-state index in [9.17, 15) is 0 Å². The first-order valence-electron chi connectivity index (χ1n) is 8.86. The lowest BCUT2D eigenvalue weighted by Crippen LogP contribution is -2.15. The second-order valence-corrected chi connectivity index (χ2v) is 6.73. The molecular weight excluding hydrogens is 368 g/mol. The van der Waals surface area contributed by atoms with Gasteiger partial charge in [-0.25, -0.2) is 19.9 Å². The van der Waals surface area contributed by atoms with Crippen LogP contribution in [0.2, 0.25) is 0 Å². The largest absolute Gasteiger partial charge is 0.368 e. The van der Waals surface area contributed by atoms with E-state index in [0.717, 1.165) is 61.6 Å². The number of aromatic nitrogens is 6. The highest BCUT2D eigenvalue weighted by molar-refractivity contribution is 7.92. The number of nitrogens with one attached hydrogen (secondary N) is 1. The van der Waals surface area contributed by atoms with Gasteiger partial charge >= 0.3 is 0 Å². The first kappa shape index (κ1) is 18.2. The summed E-state index contributed by atoms with van der Waals surface area (Å²) in [5, 5.41) is 8.65. The van der Waals surface area contributed by atoms with E-state index in [1.54, 1.807) is 18.9 Å². The average molecular weight is 390 g/mol. The van der Waals surface area contributed by atoms with E-state index < -0.39 is 0 Å². The van der Waals surface area contributed by atoms with Gasteiger partial charge in [0, 0.05) is 25.5 Å². The maximum atomic E-state index is 6.04. The van der Waals surface area contributed by atoms with Gasteiger partial charge in [0.15, 0.2) is 17.0 Å². The van der Waals surface area contributed by atoms with Gasteiger partial charge in [0.25, 0.3) is 0 Å². The Morgan fingerprint density at radius 3 is 3.11 bits per heavy atom. The molecule has 0 spiro atoms. The summed E-state index contributed by atoms with van der Waals surface area (Å²) in [5.74, 6) is 0.738. The van der Waals surface area contributed by atoms with Crippen molar-refractivity contribution in [2.75, 3.05) is 18.5 Å². The fourth-order valence-electron chi connectivity index (χ4n) is 3.21. The number of rotatable bonds is 9. The summed E-state index contributed by atoms with van der Waals surface area (Å²) in [4.78, 5) is 17.3. The van der Waals surface area contributed by atoms with Crippen LogP contribution in [0.3, 0.4) is 0 Å². The number of aryl methyl sites for hydroxylation is 1. The molecule has 4 heterocycles. The molecule has 0 saturated carbocycles. The van der Waals surface area contributed by atoms with Crippen molar-refractivity contribution in [1.82, 2.24) is 29.1 Å². The Morgan fingerprint density at radius 1 is 1.30 bits per heavy atom.